The van der Waals surface area contributed by atoms with Gasteiger partial charge in [-0.2, -0.15) is 0 Å². The van der Waals surface area contributed by atoms with Crippen LogP contribution in [0.1, 0.15) is 20.3 Å². The first-order chi connectivity index (χ1) is 16.4. The van der Waals surface area contributed by atoms with Crippen LogP contribution in [0.15, 0.2) is 52.4 Å². The number of aromatic nitrogens is 1. The summed E-state index contributed by atoms with van der Waals surface area (Å²) in [5, 5.41) is 3.91. The van der Waals surface area contributed by atoms with E-state index in [1.165, 1.54) is 6.20 Å². The molecule has 0 spiro atoms. The molecule has 8 nitrogen and oxygen atoms in total. The van der Waals surface area contributed by atoms with Crippen LogP contribution in [-0.4, -0.2) is 60.9 Å². The normalized spacial score (nSPS) is 12.4. The smallest absolute Gasteiger partial charge is 0.210 e. The minimum absolute atomic E-state index is 0.0681. The molecule has 0 radical (unpaired) electrons. The fraction of sp³-hybridized carbons (Fsp3) is 0.400. The van der Waals surface area contributed by atoms with Gasteiger partial charge in [0, 0.05) is 36.8 Å². The number of nitrogens with zero attached hydrogens (tertiary/aromatic N) is 2. The Kier molecular flexibility index (Phi) is 8.22. The van der Waals surface area contributed by atoms with Gasteiger partial charge in [0.05, 0.1) is 37.4 Å². The van der Waals surface area contributed by atoms with Crippen LogP contribution in [0.3, 0.4) is 0 Å². The average Bonchev–Trinajstić information content (AvgIpc) is 2.87. The van der Waals surface area contributed by atoms with Gasteiger partial charge in [-0.15, -0.1) is 0 Å². The van der Waals surface area contributed by atoms with Gasteiger partial charge in [0.1, 0.15) is 10.6 Å². The summed E-state index contributed by atoms with van der Waals surface area (Å²) in [7, 11) is 2.67. The van der Waals surface area contributed by atoms with E-state index in [2.05, 4.69) is 22.1 Å². The van der Waals surface area contributed by atoms with Gasteiger partial charge in [-0.1, -0.05) is 6.92 Å². The number of pyridine rings is 1. The molecule has 1 unspecified atom stereocenters. The molecule has 0 fully saturated rings. The maximum Gasteiger partial charge on any atom is 0.210 e. The molecule has 0 saturated carbocycles. The highest BCUT2D eigenvalue weighted by atomic mass is 32.2. The topological polar surface area (TPSA) is 90.0 Å². The molecule has 3 aromatic rings. The number of benzene rings is 2. The number of fused-ring (bicyclic) bond motifs is 1. The molecule has 0 bridgehead atoms. The summed E-state index contributed by atoms with van der Waals surface area (Å²) in [4.78, 5) is 6.97. The van der Waals surface area contributed by atoms with Crippen molar-refractivity contribution in [2.75, 3.05) is 46.4 Å². The first kappa shape index (κ1) is 25.6. The fourth-order valence-corrected chi connectivity index (χ4v) is 5.59. The molecule has 2 aromatic carbocycles. The molecular weight excluding hydrogens is 454 g/mol. The van der Waals surface area contributed by atoms with Crippen LogP contribution < -0.4 is 24.4 Å². The van der Waals surface area contributed by atoms with Gasteiger partial charge in [-0.25, -0.2) is 8.42 Å². The number of nitrogens with one attached hydrogen (secondary N) is 1. The maximum absolute atomic E-state index is 13.9. The second-order valence-electron chi connectivity index (χ2n) is 7.78. The molecule has 34 heavy (non-hydrogen) atoms. The van der Waals surface area contributed by atoms with Crippen molar-refractivity contribution >= 4 is 26.4 Å². The van der Waals surface area contributed by atoms with Crippen molar-refractivity contribution in [2.24, 2.45) is 0 Å². The first-order valence-electron chi connectivity index (χ1n) is 11.2. The number of sulfone groups is 1. The molecule has 0 amide bonds. The van der Waals surface area contributed by atoms with Gasteiger partial charge < -0.3 is 24.4 Å². The number of hydrogen-bond donors (Lipinski definition) is 1. The van der Waals surface area contributed by atoms with Crippen LogP contribution in [-0.2, 0) is 9.84 Å². The third kappa shape index (κ3) is 4.76. The number of rotatable bonds is 11. The van der Waals surface area contributed by atoms with E-state index in [1.807, 2.05) is 14.0 Å². The number of hydrogen-bond acceptors (Lipinski definition) is 8. The summed E-state index contributed by atoms with van der Waals surface area (Å²) in [6.07, 6.45) is 2.27. The number of methoxy groups -OCH3 is 3. The predicted molar refractivity (Wildman–Crippen MR) is 134 cm³/mol. The van der Waals surface area contributed by atoms with E-state index in [0.29, 0.717) is 46.9 Å². The minimum Gasteiger partial charge on any atom is -0.497 e. The summed E-state index contributed by atoms with van der Waals surface area (Å²) in [6, 6.07) is 10.0. The Morgan fingerprint density at radius 3 is 2.18 bits per heavy atom. The van der Waals surface area contributed by atoms with Crippen LogP contribution in [0.5, 0.6) is 17.2 Å². The van der Waals surface area contributed by atoms with Crippen molar-refractivity contribution in [1.29, 1.82) is 0 Å². The van der Waals surface area contributed by atoms with Gasteiger partial charge in [0.15, 0.2) is 11.5 Å². The maximum atomic E-state index is 13.9. The monoisotopic (exact) mass is 487 g/mol. The molecule has 0 aliphatic heterocycles. The number of ether oxygens (including phenoxy) is 3. The Balaban J connectivity index is 2.37. The third-order valence-electron chi connectivity index (χ3n) is 5.95. The third-order valence-corrected chi connectivity index (χ3v) is 7.72. The van der Waals surface area contributed by atoms with E-state index < -0.39 is 9.84 Å². The lowest BCUT2D eigenvalue weighted by Gasteiger charge is -2.34. The highest BCUT2D eigenvalue weighted by Gasteiger charge is 2.29. The van der Waals surface area contributed by atoms with E-state index in [9.17, 15) is 8.42 Å². The van der Waals surface area contributed by atoms with Crippen molar-refractivity contribution in [3.05, 3.63) is 42.6 Å². The average molecular weight is 488 g/mol. The Bertz CT molecular complexity index is 1230. The molecule has 3 rings (SSSR count). The highest BCUT2D eigenvalue weighted by molar-refractivity contribution is 7.91. The lowest BCUT2D eigenvalue weighted by Crippen LogP contribution is -2.42. The van der Waals surface area contributed by atoms with E-state index in [-0.39, 0.29) is 15.8 Å². The van der Waals surface area contributed by atoms with Crippen molar-refractivity contribution < 1.29 is 22.6 Å². The lowest BCUT2D eigenvalue weighted by atomic mass is 10.1. The predicted octanol–water partition coefficient (Wildman–Crippen LogP) is 3.92. The molecule has 9 heteroatoms. The Morgan fingerprint density at radius 1 is 1.00 bits per heavy atom. The molecule has 1 heterocycles. The van der Waals surface area contributed by atoms with Crippen LogP contribution in [0.2, 0.25) is 0 Å². The van der Waals surface area contributed by atoms with Gasteiger partial charge in [0.2, 0.25) is 9.84 Å². The molecule has 1 atom stereocenters. The van der Waals surface area contributed by atoms with Gasteiger partial charge in [-0.3, -0.25) is 4.98 Å². The summed E-state index contributed by atoms with van der Waals surface area (Å²) >= 11 is 0. The van der Waals surface area contributed by atoms with E-state index >= 15 is 0 Å². The van der Waals surface area contributed by atoms with Crippen molar-refractivity contribution in [3.63, 3.8) is 0 Å². The van der Waals surface area contributed by atoms with Crippen molar-refractivity contribution in [1.82, 2.24) is 10.3 Å². The quantitative estimate of drug-likeness (QED) is 0.435. The molecule has 184 valence electrons. The van der Waals surface area contributed by atoms with Gasteiger partial charge in [-0.05, 0) is 50.7 Å². The zero-order valence-electron chi connectivity index (χ0n) is 20.6. The van der Waals surface area contributed by atoms with Crippen molar-refractivity contribution in [2.45, 2.75) is 36.1 Å². The highest BCUT2D eigenvalue weighted by Crippen LogP contribution is 2.41. The Hall–Kier alpha value is -3.04. The second-order valence-corrected chi connectivity index (χ2v) is 9.70. The van der Waals surface area contributed by atoms with E-state index in [4.69, 9.17) is 14.2 Å². The van der Waals surface area contributed by atoms with Crippen LogP contribution in [0.25, 0.3) is 10.9 Å². The van der Waals surface area contributed by atoms with E-state index in [0.717, 1.165) is 6.42 Å². The standard InChI is InChI=1S/C25H33N3O5S/c1-7-17(15-26-3)28(8-2)25-20-13-22(32-5)23(33-6)14-21(20)27-16-24(25)34(29,30)19-11-9-18(31-4)10-12-19/h9-14,16-17,26H,7-8,15H2,1-6H3. The summed E-state index contributed by atoms with van der Waals surface area (Å²) < 4.78 is 44.0. The fourth-order valence-electron chi connectivity index (χ4n) is 4.17. The summed E-state index contributed by atoms with van der Waals surface area (Å²) in [6.45, 7) is 5.42. The SMILES string of the molecule is CCC(CNC)N(CC)c1c(S(=O)(=O)c2ccc(OC)cc2)cnc2cc(OC)c(OC)cc12. The molecule has 1 N–H and O–H groups in total. The number of likely N-dealkylation sites (N-methyl/N-ethyl adjacent to an activating group) is 2. The zero-order valence-corrected chi connectivity index (χ0v) is 21.4. The molecule has 0 aliphatic rings. The van der Waals surface area contributed by atoms with Gasteiger partial charge >= 0.3 is 0 Å². The van der Waals surface area contributed by atoms with Crippen LogP contribution in [0.4, 0.5) is 5.69 Å². The largest absolute Gasteiger partial charge is 0.497 e. The zero-order chi connectivity index (χ0) is 24.9. The van der Waals surface area contributed by atoms with Crippen LogP contribution in [0, 0.1) is 0 Å². The van der Waals surface area contributed by atoms with E-state index in [1.54, 1.807) is 57.7 Å². The molecule has 0 aliphatic carbocycles. The summed E-state index contributed by atoms with van der Waals surface area (Å²) in [5.41, 5.74) is 1.23. The van der Waals surface area contributed by atoms with Gasteiger partial charge in [0.25, 0.3) is 0 Å². The summed E-state index contributed by atoms with van der Waals surface area (Å²) in [5.74, 6) is 1.63. The van der Waals surface area contributed by atoms with Crippen molar-refractivity contribution in [3.8, 4) is 17.2 Å². The molecule has 0 saturated heterocycles. The Labute approximate surface area is 201 Å². The lowest BCUT2D eigenvalue weighted by molar-refractivity contribution is 0.356. The Morgan fingerprint density at radius 2 is 1.65 bits per heavy atom. The molecule has 1 aromatic heterocycles. The molecular formula is C25H33N3O5S. The first-order valence-corrected chi connectivity index (χ1v) is 12.7. The number of anilines is 1. The van der Waals surface area contributed by atoms with Crippen LogP contribution >= 0.6 is 0 Å². The minimum atomic E-state index is -3.89. The second kappa shape index (κ2) is 10.9.